The van der Waals surface area contributed by atoms with Crippen LogP contribution in [0.3, 0.4) is 0 Å². The van der Waals surface area contributed by atoms with Gasteiger partial charge in [0.2, 0.25) is 5.95 Å². The largest absolute Gasteiger partial charge is 0.367 e. The second-order valence-electron chi connectivity index (χ2n) is 2.56. The van der Waals surface area contributed by atoms with Crippen molar-refractivity contribution in [1.29, 1.82) is 0 Å². The van der Waals surface area contributed by atoms with Gasteiger partial charge in [0.25, 0.3) is 0 Å². The van der Waals surface area contributed by atoms with Gasteiger partial charge >= 0.3 is 0 Å². The summed E-state index contributed by atoms with van der Waals surface area (Å²) in [5, 5.41) is 0.605. The summed E-state index contributed by atoms with van der Waals surface area (Å²) in [4.78, 5) is 3.97. The van der Waals surface area contributed by atoms with Crippen molar-refractivity contribution in [3.8, 4) is 10.6 Å². The molecule has 6 heteroatoms. The van der Waals surface area contributed by atoms with Crippen LogP contribution in [0, 0.1) is 5.82 Å². The fraction of sp³-hybridized carbons (Fsp3) is 0. The standard InChI is InChI=1S/C8H5BrFN3S/c9-6-4(2-1-3-5(6)10)7-12-8(11)13-14-7/h1-3H,(H2,11,13). The first-order chi connectivity index (χ1) is 6.68. The lowest BCUT2D eigenvalue weighted by Crippen LogP contribution is -1.87. The summed E-state index contributed by atoms with van der Waals surface area (Å²) in [6.07, 6.45) is 0. The fourth-order valence-corrected chi connectivity index (χ4v) is 2.22. The van der Waals surface area contributed by atoms with Crippen LogP contribution >= 0.6 is 27.5 Å². The molecular formula is C8H5BrFN3S. The summed E-state index contributed by atoms with van der Waals surface area (Å²) in [7, 11) is 0. The van der Waals surface area contributed by atoms with E-state index in [0.717, 1.165) is 11.5 Å². The van der Waals surface area contributed by atoms with E-state index in [-0.39, 0.29) is 11.8 Å². The van der Waals surface area contributed by atoms with E-state index < -0.39 is 0 Å². The van der Waals surface area contributed by atoms with Crippen LogP contribution in [0.2, 0.25) is 0 Å². The Balaban J connectivity index is 2.57. The first-order valence-corrected chi connectivity index (χ1v) is 5.28. The number of nitrogens with zero attached hydrogens (tertiary/aromatic N) is 2. The molecule has 0 saturated carbocycles. The zero-order chi connectivity index (χ0) is 10.1. The Kier molecular flexibility index (Phi) is 2.47. The molecule has 0 atom stereocenters. The molecule has 0 aliphatic heterocycles. The fourth-order valence-electron chi connectivity index (χ4n) is 1.01. The summed E-state index contributed by atoms with van der Waals surface area (Å²) in [5.74, 6) is -0.113. The molecule has 0 fully saturated rings. The molecule has 0 aliphatic carbocycles. The number of nitrogens with two attached hydrogens (primary N) is 1. The summed E-state index contributed by atoms with van der Waals surface area (Å²) < 4.78 is 17.4. The molecule has 2 aromatic rings. The molecule has 1 aromatic heterocycles. The lowest BCUT2D eigenvalue weighted by Gasteiger charge is -1.99. The SMILES string of the molecule is Nc1nsc(-c2cccc(F)c2Br)n1. The van der Waals surface area contributed by atoms with Gasteiger partial charge in [-0.1, -0.05) is 12.1 Å². The monoisotopic (exact) mass is 273 g/mol. The number of rotatable bonds is 1. The predicted molar refractivity (Wildman–Crippen MR) is 57.4 cm³/mol. The molecule has 14 heavy (non-hydrogen) atoms. The average molecular weight is 274 g/mol. The van der Waals surface area contributed by atoms with Crippen molar-refractivity contribution in [2.45, 2.75) is 0 Å². The van der Waals surface area contributed by atoms with Crippen LogP contribution in [0.15, 0.2) is 22.7 Å². The Morgan fingerprint density at radius 1 is 1.43 bits per heavy atom. The molecule has 0 saturated heterocycles. The minimum absolute atomic E-state index is 0.209. The minimum Gasteiger partial charge on any atom is -0.367 e. The topological polar surface area (TPSA) is 51.8 Å². The van der Waals surface area contributed by atoms with Crippen LogP contribution in [-0.4, -0.2) is 9.36 Å². The Bertz CT molecular complexity index is 471. The van der Waals surface area contributed by atoms with E-state index in [4.69, 9.17) is 5.73 Å². The van der Waals surface area contributed by atoms with Crippen LogP contribution in [0.5, 0.6) is 0 Å². The first kappa shape index (κ1) is 9.54. The quantitative estimate of drug-likeness (QED) is 0.869. The highest BCUT2D eigenvalue weighted by molar-refractivity contribution is 9.10. The van der Waals surface area contributed by atoms with Gasteiger partial charge in [-0.25, -0.2) is 4.39 Å². The third-order valence-corrected chi connectivity index (χ3v) is 3.19. The number of halogens is 2. The highest BCUT2D eigenvalue weighted by Gasteiger charge is 2.10. The van der Waals surface area contributed by atoms with E-state index in [0.29, 0.717) is 15.0 Å². The second kappa shape index (κ2) is 3.62. The molecule has 0 amide bonds. The normalized spacial score (nSPS) is 10.4. The van der Waals surface area contributed by atoms with E-state index in [1.807, 2.05) is 0 Å². The van der Waals surface area contributed by atoms with Crippen molar-refractivity contribution in [2.75, 3.05) is 5.73 Å². The van der Waals surface area contributed by atoms with E-state index in [2.05, 4.69) is 25.3 Å². The molecule has 0 unspecified atom stereocenters. The maximum atomic E-state index is 13.1. The van der Waals surface area contributed by atoms with Crippen LogP contribution < -0.4 is 5.73 Å². The van der Waals surface area contributed by atoms with E-state index >= 15 is 0 Å². The maximum absolute atomic E-state index is 13.1. The Morgan fingerprint density at radius 2 is 2.21 bits per heavy atom. The van der Waals surface area contributed by atoms with Gasteiger partial charge in [0, 0.05) is 5.56 Å². The smallest absolute Gasteiger partial charge is 0.232 e. The van der Waals surface area contributed by atoms with Gasteiger partial charge in [0.05, 0.1) is 4.47 Å². The van der Waals surface area contributed by atoms with Crippen molar-refractivity contribution in [2.24, 2.45) is 0 Å². The lowest BCUT2D eigenvalue weighted by atomic mass is 10.2. The number of benzene rings is 1. The third kappa shape index (κ3) is 1.62. The number of hydrogen-bond donors (Lipinski definition) is 1. The molecule has 1 heterocycles. The Labute approximate surface area is 92.1 Å². The molecule has 0 spiro atoms. The summed E-state index contributed by atoms with van der Waals surface area (Å²) in [6, 6.07) is 4.75. The highest BCUT2D eigenvalue weighted by atomic mass is 79.9. The predicted octanol–water partition coefficient (Wildman–Crippen LogP) is 2.69. The summed E-state index contributed by atoms with van der Waals surface area (Å²) in [6.45, 7) is 0. The van der Waals surface area contributed by atoms with Gasteiger partial charge in [0.1, 0.15) is 10.8 Å². The zero-order valence-electron chi connectivity index (χ0n) is 6.87. The molecule has 2 rings (SSSR count). The molecule has 72 valence electrons. The van der Waals surface area contributed by atoms with E-state index in [1.165, 1.54) is 6.07 Å². The first-order valence-electron chi connectivity index (χ1n) is 3.72. The number of aromatic nitrogens is 2. The van der Waals surface area contributed by atoms with Gasteiger partial charge in [-0.2, -0.15) is 9.36 Å². The number of nitrogen functional groups attached to an aromatic ring is 1. The molecule has 0 aliphatic rings. The molecule has 0 radical (unpaired) electrons. The van der Waals surface area contributed by atoms with Crippen molar-refractivity contribution in [1.82, 2.24) is 9.36 Å². The molecule has 0 bridgehead atoms. The maximum Gasteiger partial charge on any atom is 0.232 e. The van der Waals surface area contributed by atoms with Crippen molar-refractivity contribution in [3.63, 3.8) is 0 Å². The highest BCUT2D eigenvalue weighted by Crippen LogP contribution is 2.31. The van der Waals surface area contributed by atoms with Crippen molar-refractivity contribution in [3.05, 3.63) is 28.5 Å². The third-order valence-electron chi connectivity index (χ3n) is 1.62. The van der Waals surface area contributed by atoms with Crippen LogP contribution in [0.25, 0.3) is 10.6 Å². The van der Waals surface area contributed by atoms with Gasteiger partial charge in [-0.15, -0.1) is 0 Å². The van der Waals surface area contributed by atoms with Gasteiger partial charge in [-0.3, -0.25) is 0 Å². The summed E-state index contributed by atoms with van der Waals surface area (Å²) >= 11 is 4.29. The van der Waals surface area contributed by atoms with Crippen molar-refractivity contribution >= 4 is 33.4 Å². The van der Waals surface area contributed by atoms with Gasteiger partial charge in [-0.05, 0) is 33.5 Å². The summed E-state index contributed by atoms with van der Waals surface area (Å²) in [5.41, 5.74) is 6.05. The second-order valence-corrected chi connectivity index (χ2v) is 4.10. The molecule has 3 nitrogen and oxygen atoms in total. The van der Waals surface area contributed by atoms with Crippen LogP contribution in [0.1, 0.15) is 0 Å². The molecular weight excluding hydrogens is 269 g/mol. The van der Waals surface area contributed by atoms with Crippen LogP contribution in [0.4, 0.5) is 10.3 Å². The van der Waals surface area contributed by atoms with Gasteiger partial charge in [0.15, 0.2) is 0 Å². The Morgan fingerprint density at radius 3 is 2.86 bits per heavy atom. The molecule has 2 N–H and O–H groups in total. The van der Waals surface area contributed by atoms with Crippen LogP contribution in [-0.2, 0) is 0 Å². The number of hydrogen-bond acceptors (Lipinski definition) is 4. The molecule has 1 aromatic carbocycles. The van der Waals surface area contributed by atoms with E-state index in [1.54, 1.807) is 12.1 Å². The van der Waals surface area contributed by atoms with E-state index in [9.17, 15) is 4.39 Å². The minimum atomic E-state index is -0.323. The lowest BCUT2D eigenvalue weighted by molar-refractivity contribution is 0.622. The van der Waals surface area contributed by atoms with Gasteiger partial charge < -0.3 is 5.73 Å². The van der Waals surface area contributed by atoms with Crippen molar-refractivity contribution < 1.29 is 4.39 Å². The Hall–Kier alpha value is -1.01. The number of anilines is 1. The zero-order valence-corrected chi connectivity index (χ0v) is 9.27. The average Bonchev–Trinajstić information content (AvgIpc) is 2.57.